The van der Waals surface area contributed by atoms with Gasteiger partial charge in [-0.15, -0.1) is 0 Å². The third-order valence-electron chi connectivity index (χ3n) is 9.25. The van der Waals surface area contributed by atoms with Gasteiger partial charge < -0.3 is 38.7 Å². The molecule has 16 nitrogen and oxygen atoms in total. The van der Waals surface area contributed by atoms with Crippen molar-refractivity contribution in [2.45, 2.75) is 72.1 Å². The lowest BCUT2D eigenvalue weighted by molar-refractivity contribution is -0.385. The molecule has 0 unspecified atom stereocenters. The molecule has 0 saturated carbocycles. The number of nitro benzene ring substituents is 1. The summed E-state index contributed by atoms with van der Waals surface area (Å²) in [6, 6.07) is 11.1. The Hall–Kier alpha value is -5.77. The molecule has 58 heavy (non-hydrogen) atoms. The van der Waals surface area contributed by atoms with Gasteiger partial charge in [0.15, 0.2) is 5.84 Å². The van der Waals surface area contributed by atoms with E-state index in [1.54, 1.807) is 58.0 Å². The van der Waals surface area contributed by atoms with Crippen LogP contribution in [0.5, 0.6) is 23.0 Å². The fraction of sp³-hybridized carbons (Fsp3) is 0.463. The minimum Gasteiger partial charge on any atom is -0.496 e. The number of carbonyl (C=O) groups is 3. The number of methoxy groups -OCH3 is 4. The van der Waals surface area contributed by atoms with Gasteiger partial charge in [-0.1, -0.05) is 36.2 Å². The van der Waals surface area contributed by atoms with Crippen LogP contribution in [0.3, 0.4) is 0 Å². The molecule has 1 saturated heterocycles. The second-order valence-electron chi connectivity index (χ2n) is 14.4. The predicted octanol–water partition coefficient (Wildman–Crippen LogP) is 7.34. The van der Waals surface area contributed by atoms with Crippen molar-refractivity contribution in [1.29, 1.82) is 0 Å². The molecule has 2 atom stereocenters. The highest BCUT2D eigenvalue weighted by molar-refractivity contribution is 6.30. The number of rotatable bonds is 16. The Labute approximate surface area is 343 Å². The van der Waals surface area contributed by atoms with Crippen LogP contribution in [0.1, 0.15) is 80.6 Å². The molecule has 314 valence electrons. The summed E-state index contributed by atoms with van der Waals surface area (Å²) in [7, 11) is 6.08. The zero-order valence-corrected chi connectivity index (χ0v) is 35.1. The maximum atomic E-state index is 14.7. The van der Waals surface area contributed by atoms with E-state index in [9.17, 15) is 24.5 Å². The molecule has 1 fully saturated rings. The van der Waals surface area contributed by atoms with Gasteiger partial charge in [-0.2, -0.15) is 0 Å². The summed E-state index contributed by atoms with van der Waals surface area (Å²) in [4.78, 5) is 62.1. The zero-order valence-electron chi connectivity index (χ0n) is 34.4. The minimum absolute atomic E-state index is 0.0687. The van der Waals surface area contributed by atoms with E-state index >= 15 is 0 Å². The number of ether oxygens (including phenoxy) is 5. The highest BCUT2D eigenvalue weighted by atomic mass is 35.5. The third kappa shape index (κ3) is 11.2. The second-order valence-corrected chi connectivity index (χ2v) is 14.9. The Kier molecular flexibility index (Phi) is 15.6. The van der Waals surface area contributed by atoms with Crippen LogP contribution in [0.25, 0.3) is 0 Å². The summed E-state index contributed by atoms with van der Waals surface area (Å²) in [5.74, 6) is -0.0520. The smallest absolute Gasteiger partial charge is 0.345 e. The first-order valence-corrected chi connectivity index (χ1v) is 19.1. The molecule has 3 aromatic rings. The van der Waals surface area contributed by atoms with Crippen LogP contribution in [0.2, 0.25) is 5.02 Å². The van der Waals surface area contributed by atoms with Crippen LogP contribution in [0.4, 0.5) is 10.5 Å². The number of amides is 3. The Bertz CT molecular complexity index is 1980. The van der Waals surface area contributed by atoms with Gasteiger partial charge in [-0.25, -0.2) is 9.59 Å². The molecule has 0 bridgehead atoms. The number of imide groups is 1. The SMILES string of the molecule is CCC[C@@H](NC(=O)N1CC(=NOCC)N(Cc2c(OC)cc(OC)cc2OC)C[C@@H](Cc2cc(Cl)ccc2OC)C1=O)c1ccc(C(=O)OC(C)(C)C)c([N+](=O)[O-])c1. The molecule has 0 radical (unpaired) electrons. The highest BCUT2D eigenvalue weighted by Gasteiger charge is 2.39. The largest absolute Gasteiger partial charge is 0.496 e. The lowest BCUT2D eigenvalue weighted by Crippen LogP contribution is -2.48. The van der Waals surface area contributed by atoms with Crippen molar-refractivity contribution in [3.8, 4) is 23.0 Å². The molecular formula is C41H52ClN5O11. The summed E-state index contributed by atoms with van der Waals surface area (Å²) < 4.78 is 28.0. The number of carbonyl (C=O) groups excluding carboxylic acids is 3. The molecule has 3 amide bonds. The van der Waals surface area contributed by atoms with Gasteiger partial charge in [0.25, 0.3) is 5.69 Å². The molecule has 17 heteroatoms. The normalized spacial score (nSPS) is 15.7. The first-order valence-electron chi connectivity index (χ1n) is 18.8. The number of urea groups is 1. The summed E-state index contributed by atoms with van der Waals surface area (Å²) >= 11 is 6.41. The highest BCUT2D eigenvalue weighted by Crippen LogP contribution is 2.37. The van der Waals surface area contributed by atoms with Gasteiger partial charge in [-0.3, -0.25) is 19.8 Å². The van der Waals surface area contributed by atoms with Gasteiger partial charge >= 0.3 is 12.0 Å². The summed E-state index contributed by atoms with van der Waals surface area (Å²) in [5.41, 5.74) is 0.0347. The van der Waals surface area contributed by atoms with Gasteiger partial charge in [0.2, 0.25) is 5.91 Å². The maximum absolute atomic E-state index is 14.7. The molecule has 1 aliphatic rings. The zero-order chi connectivity index (χ0) is 42.7. The van der Waals surface area contributed by atoms with Crippen LogP contribution < -0.4 is 24.3 Å². The summed E-state index contributed by atoms with van der Waals surface area (Å²) in [6.45, 7) is 8.72. The van der Waals surface area contributed by atoms with E-state index in [-0.39, 0.29) is 44.1 Å². The molecular weight excluding hydrogens is 774 g/mol. The van der Waals surface area contributed by atoms with Crippen molar-refractivity contribution in [3.05, 3.63) is 85.9 Å². The number of nitrogens with one attached hydrogen (secondary N) is 1. The topological polar surface area (TPSA) is 181 Å². The van der Waals surface area contributed by atoms with Crippen LogP contribution in [-0.4, -0.2) is 92.2 Å². The standard InChI is InChI=1S/C41H52ClN5O11/c1-10-12-32(25-13-15-30(33(19-25)47(51)52)39(49)58-41(3,4)5)43-40(50)46-24-37(44-57-11-2)45(23-31-35(55-8)20-29(53-6)21-36(31)56-9)22-27(38(46)48)17-26-18-28(42)14-16-34(26)54-7/h13-16,18-21,27,32H,10-12,17,22-24H2,1-9H3,(H,43,50)/t27-,32-/m1/s1. The van der Waals surface area contributed by atoms with E-state index in [4.69, 9.17) is 40.1 Å². The lowest BCUT2D eigenvalue weighted by Gasteiger charge is -2.27. The average molecular weight is 826 g/mol. The molecule has 0 spiro atoms. The van der Waals surface area contributed by atoms with E-state index in [1.807, 2.05) is 11.8 Å². The van der Waals surface area contributed by atoms with E-state index in [2.05, 4.69) is 10.5 Å². The molecule has 1 heterocycles. The fourth-order valence-corrected chi connectivity index (χ4v) is 6.75. The Balaban J connectivity index is 1.80. The molecule has 0 aliphatic carbocycles. The Morgan fingerprint density at radius 1 is 0.983 bits per heavy atom. The second kappa shape index (κ2) is 20.1. The number of hydrogen-bond acceptors (Lipinski definition) is 12. The van der Waals surface area contributed by atoms with Gasteiger partial charge in [-0.05, 0) is 75.9 Å². The Morgan fingerprint density at radius 3 is 2.22 bits per heavy atom. The number of halogens is 1. The van der Waals surface area contributed by atoms with E-state index in [0.29, 0.717) is 57.6 Å². The quantitative estimate of drug-likeness (QED) is 0.0864. The van der Waals surface area contributed by atoms with E-state index in [0.717, 1.165) is 4.90 Å². The molecule has 0 aromatic heterocycles. The van der Waals surface area contributed by atoms with Crippen molar-refractivity contribution >= 4 is 41.0 Å². The van der Waals surface area contributed by atoms with E-state index in [1.165, 1.54) is 46.6 Å². The fourth-order valence-electron chi connectivity index (χ4n) is 6.55. The van der Waals surface area contributed by atoms with Crippen LogP contribution in [0, 0.1) is 16.0 Å². The van der Waals surface area contributed by atoms with Crippen molar-refractivity contribution in [3.63, 3.8) is 0 Å². The summed E-state index contributed by atoms with van der Waals surface area (Å²) in [5, 5.41) is 20.0. The van der Waals surface area contributed by atoms with Gasteiger partial charge in [0, 0.05) is 29.8 Å². The number of amidine groups is 1. The van der Waals surface area contributed by atoms with Crippen molar-refractivity contribution < 1.29 is 47.8 Å². The third-order valence-corrected chi connectivity index (χ3v) is 9.49. The lowest BCUT2D eigenvalue weighted by atomic mass is 9.96. The molecule has 4 rings (SSSR count). The van der Waals surface area contributed by atoms with Crippen LogP contribution in [-0.2, 0) is 27.3 Å². The molecule has 1 aliphatic heterocycles. The van der Waals surface area contributed by atoms with Crippen LogP contribution >= 0.6 is 11.6 Å². The van der Waals surface area contributed by atoms with Crippen molar-refractivity contribution in [2.24, 2.45) is 11.1 Å². The number of nitro groups is 1. The predicted molar refractivity (Wildman–Crippen MR) is 217 cm³/mol. The average Bonchev–Trinajstić information content (AvgIpc) is 3.31. The van der Waals surface area contributed by atoms with Crippen molar-refractivity contribution in [2.75, 3.05) is 48.1 Å². The molecule has 3 aromatic carbocycles. The number of esters is 1. The summed E-state index contributed by atoms with van der Waals surface area (Å²) in [6.07, 6.45) is 1.04. The number of oxime groups is 1. The van der Waals surface area contributed by atoms with Gasteiger partial charge in [0.05, 0.1) is 64.0 Å². The van der Waals surface area contributed by atoms with E-state index < -0.39 is 46.1 Å². The van der Waals surface area contributed by atoms with Gasteiger partial charge in [0.1, 0.15) is 40.8 Å². The number of hydrogen-bond donors (Lipinski definition) is 1. The number of nitrogens with zero attached hydrogens (tertiary/aromatic N) is 4. The van der Waals surface area contributed by atoms with Crippen molar-refractivity contribution in [1.82, 2.24) is 15.1 Å². The minimum atomic E-state index is -0.884. The first-order chi connectivity index (χ1) is 27.6. The first kappa shape index (κ1) is 44.9. The monoisotopic (exact) mass is 825 g/mol. The molecule has 1 N–H and O–H groups in total. The maximum Gasteiger partial charge on any atom is 0.345 e. The van der Waals surface area contributed by atoms with Crippen LogP contribution in [0.15, 0.2) is 53.7 Å². The number of benzene rings is 3. The Morgan fingerprint density at radius 2 is 1.66 bits per heavy atom.